The van der Waals surface area contributed by atoms with E-state index in [1.54, 1.807) is 0 Å². The number of carbonyl (C=O) groups excluding carboxylic acids is 1. The Morgan fingerprint density at radius 1 is 1.45 bits per heavy atom. The predicted molar refractivity (Wildman–Crippen MR) is 79.3 cm³/mol. The fourth-order valence-corrected chi connectivity index (χ4v) is 2.77. The molecule has 0 saturated heterocycles. The van der Waals surface area contributed by atoms with Crippen molar-refractivity contribution < 1.29 is 17.9 Å². The van der Waals surface area contributed by atoms with Crippen molar-refractivity contribution in [1.29, 1.82) is 0 Å². The molecule has 1 aromatic carbocycles. The average Bonchev–Trinajstić information content (AvgIpc) is 2.45. The molecule has 0 fully saturated rings. The van der Waals surface area contributed by atoms with E-state index in [2.05, 4.69) is 18.1 Å². The second-order valence-electron chi connectivity index (χ2n) is 3.27. The minimum absolute atomic E-state index is 0.0858. The number of hydrogen-bond donors (Lipinski definition) is 2. The molecule has 0 aliphatic carbocycles. The molecule has 0 radical (unpaired) electrons. The lowest BCUT2D eigenvalue weighted by molar-refractivity contribution is 0.239. The number of rotatable bonds is 4. The van der Waals surface area contributed by atoms with Crippen molar-refractivity contribution in [3.05, 3.63) is 35.0 Å². The number of sulfonamides is 1. The van der Waals surface area contributed by atoms with Gasteiger partial charge in [0.1, 0.15) is 10.6 Å². The Kier molecular flexibility index (Phi) is 6.00. The molecule has 0 aromatic heterocycles. The van der Waals surface area contributed by atoms with Crippen LogP contribution in [0.25, 0.3) is 0 Å². The maximum Gasteiger partial charge on any atom is 0.341 e. The molecule has 2 amide bonds. The van der Waals surface area contributed by atoms with Crippen LogP contribution in [-0.4, -0.2) is 25.2 Å². The summed E-state index contributed by atoms with van der Waals surface area (Å²) in [6, 6.07) is 4.69. The summed E-state index contributed by atoms with van der Waals surface area (Å²) in [4.78, 5) is 11.1. The standard InChI is InChI=1S/C10H10Cl2N2O4S2/c1-13-10(15)14(19)20(16,17)8-5-3-2-4-7(8)18-9(12)6-11/h2-6,19H,1H3,(H,13,15). The van der Waals surface area contributed by atoms with E-state index in [1.165, 1.54) is 31.3 Å². The molecule has 1 aromatic rings. The van der Waals surface area contributed by atoms with Gasteiger partial charge in [-0.2, -0.15) is 12.1 Å². The summed E-state index contributed by atoms with van der Waals surface area (Å²) >= 11 is 14.6. The third-order valence-electron chi connectivity index (χ3n) is 2.04. The van der Waals surface area contributed by atoms with E-state index in [0.717, 1.165) is 5.54 Å². The van der Waals surface area contributed by atoms with E-state index in [4.69, 9.17) is 27.9 Å². The van der Waals surface area contributed by atoms with Gasteiger partial charge in [-0.15, -0.1) is 0 Å². The van der Waals surface area contributed by atoms with Crippen molar-refractivity contribution in [3.8, 4) is 5.75 Å². The highest BCUT2D eigenvalue weighted by Gasteiger charge is 2.29. The number of benzene rings is 1. The van der Waals surface area contributed by atoms with Crippen molar-refractivity contribution in [2.45, 2.75) is 4.90 Å². The van der Waals surface area contributed by atoms with Gasteiger partial charge >= 0.3 is 6.03 Å². The third kappa shape index (κ3) is 3.72. The van der Waals surface area contributed by atoms with Crippen LogP contribution in [0.15, 0.2) is 39.9 Å². The molecule has 1 N–H and O–H groups in total. The molecule has 0 aliphatic rings. The second kappa shape index (κ2) is 7.07. The van der Waals surface area contributed by atoms with Gasteiger partial charge in [-0.05, 0) is 36.5 Å². The monoisotopic (exact) mass is 356 g/mol. The third-order valence-corrected chi connectivity index (χ3v) is 4.87. The Hall–Kier alpha value is -1.09. The van der Waals surface area contributed by atoms with Crippen LogP contribution in [0, 0.1) is 0 Å². The lowest BCUT2D eigenvalue weighted by Gasteiger charge is -2.17. The zero-order chi connectivity index (χ0) is 15.3. The van der Waals surface area contributed by atoms with E-state index in [-0.39, 0.29) is 19.6 Å². The molecule has 0 spiro atoms. The maximum atomic E-state index is 12.2. The van der Waals surface area contributed by atoms with Gasteiger partial charge in [-0.1, -0.05) is 23.7 Å². The van der Waals surface area contributed by atoms with Crippen LogP contribution in [0.2, 0.25) is 0 Å². The zero-order valence-electron chi connectivity index (χ0n) is 10.1. The number of nitrogens with zero attached hydrogens (tertiary/aromatic N) is 1. The number of urea groups is 1. The average molecular weight is 357 g/mol. The van der Waals surface area contributed by atoms with Gasteiger partial charge in [0.25, 0.3) is 10.0 Å². The van der Waals surface area contributed by atoms with Gasteiger partial charge in [0.05, 0.1) is 5.54 Å². The number of para-hydroxylation sites is 1. The van der Waals surface area contributed by atoms with Gasteiger partial charge < -0.3 is 10.1 Å². The highest BCUT2D eigenvalue weighted by atomic mass is 35.5. The van der Waals surface area contributed by atoms with E-state index < -0.39 is 16.1 Å². The number of hydrogen-bond acceptors (Lipinski definition) is 5. The van der Waals surface area contributed by atoms with Crippen LogP contribution in [0.3, 0.4) is 0 Å². The summed E-state index contributed by atoms with van der Waals surface area (Å²) in [5.74, 6) is -0.0858. The molecule has 20 heavy (non-hydrogen) atoms. The lowest BCUT2D eigenvalue weighted by atomic mass is 10.3. The number of carbonyl (C=O) groups is 1. The fraction of sp³-hybridized carbons (Fsp3) is 0.100. The Morgan fingerprint density at radius 3 is 2.60 bits per heavy atom. The molecule has 0 heterocycles. The van der Waals surface area contributed by atoms with Crippen molar-refractivity contribution in [1.82, 2.24) is 9.03 Å². The van der Waals surface area contributed by atoms with Crippen LogP contribution in [0.5, 0.6) is 5.75 Å². The Morgan fingerprint density at radius 2 is 2.05 bits per heavy atom. The number of halogens is 2. The topological polar surface area (TPSA) is 75.7 Å². The molecule has 1 rings (SSSR count). The summed E-state index contributed by atoms with van der Waals surface area (Å²) in [7, 11) is -2.93. The summed E-state index contributed by atoms with van der Waals surface area (Å²) < 4.78 is 29.8. The van der Waals surface area contributed by atoms with Crippen LogP contribution in [0.1, 0.15) is 0 Å². The molecule has 0 bridgehead atoms. The number of ether oxygens (including phenoxy) is 1. The molecule has 110 valence electrons. The van der Waals surface area contributed by atoms with Crippen molar-refractivity contribution in [3.63, 3.8) is 0 Å². The fourth-order valence-electron chi connectivity index (χ4n) is 1.17. The molecule has 6 nitrogen and oxygen atoms in total. The Bertz CT molecular complexity index is 634. The molecule has 0 unspecified atom stereocenters. The molecule has 0 saturated carbocycles. The van der Waals surface area contributed by atoms with Crippen LogP contribution in [0.4, 0.5) is 4.79 Å². The SMILES string of the molecule is CNC(=O)N(S)S(=O)(=O)c1ccccc1OC(Cl)=CCl. The Labute approximate surface area is 131 Å². The normalized spacial score (nSPS) is 11.9. The van der Waals surface area contributed by atoms with Crippen molar-refractivity contribution >= 4 is 52.1 Å². The lowest BCUT2D eigenvalue weighted by Crippen LogP contribution is -2.35. The molecule has 0 aliphatic heterocycles. The minimum Gasteiger partial charge on any atom is -0.443 e. The largest absolute Gasteiger partial charge is 0.443 e. The van der Waals surface area contributed by atoms with Crippen molar-refractivity contribution in [2.24, 2.45) is 0 Å². The van der Waals surface area contributed by atoms with Gasteiger partial charge in [-0.3, -0.25) is 0 Å². The second-order valence-corrected chi connectivity index (χ2v) is 6.28. The number of amides is 2. The molecular formula is C10H10Cl2N2O4S2. The highest BCUT2D eigenvalue weighted by Crippen LogP contribution is 2.29. The summed E-state index contributed by atoms with van der Waals surface area (Å²) in [5.41, 5.74) is 0.933. The van der Waals surface area contributed by atoms with Crippen molar-refractivity contribution in [2.75, 3.05) is 7.05 Å². The highest BCUT2D eigenvalue weighted by molar-refractivity contribution is 8.00. The summed E-state index contributed by atoms with van der Waals surface area (Å²) in [5, 5.41) is 1.92. The Balaban J connectivity index is 3.29. The van der Waals surface area contributed by atoms with Gasteiger partial charge in [0, 0.05) is 7.05 Å². The quantitative estimate of drug-likeness (QED) is 0.641. The molecular weight excluding hydrogens is 347 g/mol. The van der Waals surface area contributed by atoms with Gasteiger partial charge in [0.15, 0.2) is 0 Å². The van der Waals surface area contributed by atoms with Crippen LogP contribution < -0.4 is 10.1 Å². The first-order valence-electron chi connectivity index (χ1n) is 5.03. The van der Waals surface area contributed by atoms with Crippen LogP contribution in [-0.2, 0) is 10.0 Å². The number of thiol groups is 1. The number of nitrogens with one attached hydrogen (secondary N) is 1. The van der Waals surface area contributed by atoms with Gasteiger partial charge in [-0.25, -0.2) is 4.79 Å². The smallest absolute Gasteiger partial charge is 0.341 e. The predicted octanol–water partition coefficient (Wildman–Crippen LogP) is 2.52. The minimum atomic E-state index is -4.20. The first-order valence-corrected chi connectivity index (χ1v) is 7.68. The van der Waals surface area contributed by atoms with Crippen LogP contribution >= 0.6 is 36.0 Å². The first kappa shape index (κ1) is 17.0. The van der Waals surface area contributed by atoms with E-state index in [9.17, 15) is 13.2 Å². The first-order chi connectivity index (χ1) is 9.34. The van der Waals surface area contributed by atoms with Gasteiger partial charge in [0.2, 0.25) is 5.22 Å². The van der Waals surface area contributed by atoms with E-state index >= 15 is 0 Å². The van der Waals surface area contributed by atoms with E-state index in [0.29, 0.717) is 0 Å². The zero-order valence-corrected chi connectivity index (χ0v) is 13.3. The summed E-state index contributed by atoms with van der Waals surface area (Å²) in [6.07, 6.45) is 0. The maximum absolute atomic E-state index is 12.2. The summed E-state index contributed by atoms with van der Waals surface area (Å²) in [6.45, 7) is 0. The molecule has 10 heteroatoms. The van der Waals surface area contributed by atoms with E-state index in [1.807, 2.05) is 0 Å². The molecule has 0 atom stereocenters.